The van der Waals surface area contributed by atoms with Crippen LogP contribution in [0, 0.1) is 25.7 Å². The molecule has 0 bridgehead atoms. The van der Waals surface area contributed by atoms with Gasteiger partial charge in [0.15, 0.2) is 0 Å². The molecule has 45 heavy (non-hydrogen) atoms. The number of hydrogen-bond donors (Lipinski definition) is 2. The topological polar surface area (TPSA) is 87.7 Å². The van der Waals surface area contributed by atoms with Crippen LogP contribution in [0.2, 0.25) is 0 Å². The highest BCUT2D eigenvalue weighted by Gasteiger charge is 2.39. The van der Waals surface area contributed by atoms with Crippen molar-refractivity contribution in [3.05, 3.63) is 77.4 Å². The summed E-state index contributed by atoms with van der Waals surface area (Å²) in [5.41, 5.74) is 2.79. The molecule has 244 valence electrons. The summed E-state index contributed by atoms with van der Waals surface area (Å²) in [6.07, 6.45) is 1.33. The van der Waals surface area contributed by atoms with Crippen molar-refractivity contribution in [2.24, 2.45) is 11.8 Å². The number of hydrogen-bond acceptors (Lipinski definition) is 4. The lowest BCUT2D eigenvalue weighted by Gasteiger charge is -2.39. The minimum Gasteiger partial charge on any atom is -0.444 e. The molecule has 3 amide bonds. The number of carbonyl (C=O) groups is 3. The van der Waals surface area contributed by atoms with Gasteiger partial charge < -0.3 is 20.3 Å². The fraction of sp³-hybridized carbons (Fsp3) is 0.500. The van der Waals surface area contributed by atoms with Crippen molar-refractivity contribution in [3.63, 3.8) is 0 Å². The molecule has 0 spiro atoms. The molecule has 0 aliphatic rings. The van der Waals surface area contributed by atoms with E-state index in [2.05, 4.69) is 24.5 Å². The molecule has 3 atom stereocenters. The van der Waals surface area contributed by atoms with Gasteiger partial charge in [-0.1, -0.05) is 76.2 Å². The smallest absolute Gasteiger partial charge is 0.408 e. The number of nitrogens with one attached hydrogen (secondary N) is 2. The van der Waals surface area contributed by atoms with E-state index in [0.717, 1.165) is 33.9 Å². The summed E-state index contributed by atoms with van der Waals surface area (Å²) in [7, 11) is 0. The zero-order valence-electron chi connectivity index (χ0n) is 28.9. The largest absolute Gasteiger partial charge is 0.444 e. The van der Waals surface area contributed by atoms with Crippen LogP contribution in [0.4, 0.5) is 10.5 Å². The Balaban J connectivity index is 2.13. The van der Waals surface area contributed by atoms with Crippen molar-refractivity contribution in [2.45, 2.75) is 112 Å². The standard InChI is InChI=1S/C38H53N3O4/c1-24(2)15-17-28(7)41(36(43)33(21-25(3)4)40-37(44)45-38(8,9)10)34(31-18-16-26(5)27(6)22-31)35(42)39-32-20-19-29-13-11-12-14-30(29)23-32/h11-14,16,18-20,22-25,28,33-34H,15,17,21H2,1-10H3,(H,39,42)(H,40,44). The maximum atomic E-state index is 14.7. The van der Waals surface area contributed by atoms with Crippen LogP contribution in [0.3, 0.4) is 0 Å². The lowest BCUT2D eigenvalue weighted by atomic mass is 9.94. The van der Waals surface area contributed by atoms with Crippen LogP contribution in [-0.2, 0) is 14.3 Å². The Labute approximate surface area is 270 Å². The van der Waals surface area contributed by atoms with E-state index in [-0.39, 0.29) is 23.8 Å². The van der Waals surface area contributed by atoms with Gasteiger partial charge in [-0.05, 0) is 112 Å². The molecule has 7 nitrogen and oxygen atoms in total. The van der Waals surface area contributed by atoms with Gasteiger partial charge in [0, 0.05) is 11.7 Å². The van der Waals surface area contributed by atoms with E-state index >= 15 is 0 Å². The molecule has 0 aliphatic heterocycles. The first kappa shape index (κ1) is 35.6. The van der Waals surface area contributed by atoms with Gasteiger partial charge in [0.25, 0.3) is 5.91 Å². The van der Waals surface area contributed by atoms with Gasteiger partial charge in [-0.25, -0.2) is 4.79 Å². The molecular formula is C38H53N3O4. The lowest BCUT2D eigenvalue weighted by Crippen LogP contribution is -2.55. The molecule has 3 aromatic carbocycles. The Morgan fingerprint density at radius 1 is 0.800 bits per heavy atom. The number of anilines is 1. The van der Waals surface area contributed by atoms with Gasteiger partial charge in [-0.3, -0.25) is 9.59 Å². The van der Waals surface area contributed by atoms with Crippen molar-refractivity contribution in [2.75, 3.05) is 5.32 Å². The van der Waals surface area contributed by atoms with Crippen molar-refractivity contribution in [3.8, 4) is 0 Å². The minimum atomic E-state index is -0.930. The van der Waals surface area contributed by atoms with Crippen LogP contribution in [0.5, 0.6) is 0 Å². The average molecular weight is 616 g/mol. The highest BCUT2D eigenvalue weighted by atomic mass is 16.6. The SMILES string of the molecule is Cc1ccc(C(C(=O)Nc2ccc3ccccc3c2)N(C(=O)C(CC(C)C)NC(=O)OC(C)(C)C)C(C)CCC(C)C)cc1C. The zero-order chi connectivity index (χ0) is 33.5. The molecular weight excluding hydrogens is 562 g/mol. The van der Waals surface area contributed by atoms with Gasteiger partial charge in [0.1, 0.15) is 17.7 Å². The summed E-state index contributed by atoms with van der Waals surface area (Å²) >= 11 is 0. The van der Waals surface area contributed by atoms with E-state index in [1.807, 2.05) is 95.3 Å². The molecule has 3 rings (SSSR count). The third-order valence-corrected chi connectivity index (χ3v) is 7.98. The summed E-state index contributed by atoms with van der Waals surface area (Å²) in [5.74, 6) is -0.0861. The summed E-state index contributed by atoms with van der Waals surface area (Å²) in [6.45, 7) is 19.7. The normalized spacial score (nSPS) is 13.8. The monoisotopic (exact) mass is 615 g/mol. The number of rotatable bonds is 12. The number of nitrogens with zero attached hydrogens (tertiary/aromatic N) is 1. The Morgan fingerprint density at radius 3 is 2.07 bits per heavy atom. The zero-order valence-corrected chi connectivity index (χ0v) is 28.9. The molecule has 0 aromatic heterocycles. The lowest BCUT2D eigenvalue weighted by molar-refractivity contribution is -0.144. The van der Waals surface area contributed by atoms with Crippen molar-refractivity contribution < 1.29 is 19.1 Å². The highest BCUT2D eigenvalue weighted by molar-refractivity contribution is 6.00. The Bertz CT molecular complexity index is 1470. The van der Waals surface area contributed by atoms with Crippen LogP contribution >= 0.6 is 0 Å². The summed E-state index contributed by atoms with van der Waals surface area (Å²) < 4.78 is 5.55. The first-order chi connectivity index (χ1) is 21.1. The molecule has 0 fully saturated rings. The van der Waals surface area contributed by atoms with E-state index in [0.29, 0.717) is 24.4 Å². The third kappa shape index (κ3) is 10.3. The second-order valence-electron chi connectivity index (χ2n) is 14.2. The van der Waals surface area contributed by atoms with Gasteiger partial charge in [-0.2, -0.15) is 0 Å². The maximum absolute atomic E-state index is 14.7. The van der Waals surface area contributed by atoms with Gasteiger partial charge in [0.2, 0.25) is 5.91 Å². The first-order valence-corrected chi connectivity index (χ1v) is 16.2. The second kappa shape index (κ2) is 15.4. The number of benzene rings is 3. The molecule has 0 saturated carbocycles. The summed E-state index contributed by atoms with van der Waals surface area (Å²) in [6, 6.07) is 17.6. The molecule has 0 radical (unpaired) electrons. The van der Waals surface area contributed by atoms with E-state index in [1.165, 1.54) is 0 Å². The Kier molecular flexibility index (Phi) is 12.2. The predicted octanol–water partition coefficient (Wildman–Crippen LogP) is 8.73. The number of carbonyl (C=O) groups excluding carboxylic acids is 3. The molecule has 3 aromatic rings. The average Bonchev–Trinajstić information content (AvgIpc) is 2.94. The van der Waals surface area contributed by atoms with Crippen molar-refractivity contribution in [1.82, 2.24) is 10.2 Å². The fourth-order valence-electron chi connectivity index (χ4n) is 5.49. The molecule has 0 heterocycles. The number of amides is 3. The van der Waals surface area contributed by atoms with Crippen LogP contribution in [0.1, 0.15) is 97.4 Å². The van der Waals surface area contributed by atoms with E-state index < -0.39 is 23.8 Å². The first-order valence-electron chi connectivity index (χ1n) is 16.2. The summed E-state index contributed by atoms with van der Waals surface area (Å²) in [5, 5.41) is 8.07. The quantitative estimate of drug-likeness (QED) is 0.213. The van der Waals surface area contributed by atoms with E-state index in [9.17, 15) is 14.4 Å². The maximum Gasteiger partial charge on any atom is 0.408 e. The van der Waals surface area contributed by atoms with E-state index in [4.69, 9.17) is 4.74 Å². The minimum absolute atomic E-state index is 0.105. The predicted molar refractivity (Wildman–Crippen MR) is 184 cm³/mol. The number of ether oxygens (including phenoxy) is 1. The fourth-order valence-corrected chi connectivity index (χ4v) is 5.49. The van der Waals surface area contributed by atoms with E-state index in [1.54, 1.807) is 25.7 Å². The van der Waals surface area contributed by atoms with Gasteiger partial charge >= 0.3 is 6.09 Å². The Morgan fingerprint density at radius 2 is 1.47 bits per heavy atom. The van der Waals surface area contributed by atoms with Gasteiger partial charge in [-0.15, -0.1) is 0 Å². The van der Waals surface area contributed by atoms with Crippen LogP contribution in [0.25, 0.3) is 10.8 Å². The number of alkyl carbamates (subject to hydrolysis) is 1. The molecule has 3 unspecified atom stereocenters. The molecule has 0 saturated heterocycles. The molecule has 2 N–H and O–H groups in total. The Hall–Kier alpha value is -3.87. The van der Waals surface area contributed by atoms with Crippen molar-refractivity contribution >= 4 is 34.4 Å². The number of aryl methyl sites for hydroxylation is 2. The molecule has 0 aliphatic carbocycles. The van der Waals surface area contributed by atoms with Gasteiger partial charge in [0.05, 0.1) is 0 Å². The second-order valence-corrected chi connectivity index (χ2v) is 14.2. The van der Waals surface area contributed by atoms with Crippen molar-refractivity contribution in [1.29, 1.82) is 0 Å². The highest BCUT2D eigenvalue weighted by Crippen LogP contribution is 2.31. The van der Waals surface area contributed by atoms with Crippen LogP contribution < -0.4 is 10.6 Å². The number of fused-ring (bicyclic) bond motifs is 1. The third-order valence-electron chi connectivity index (χ3n) is 7.98. The summed E-state index contributed by atoms with van der Waals surface area (Å²) in [4.78, 5) is 43.9. The van der Waals surface area contributed by atoms with Crippen LogP contribution in [-0.4, -0.2) is 40.5 Å². The van der Waals surface area contributed by atoms with Crippen LogP contribution in [0.15, 0.2) is 60.7 Å². The molecule has 7 heteroatoms.